The third kappa shape index (κ3) is 7.69. The standard InChI is InChI=1S/C41H40F3N4O4P/c1-5-26-40(3,4)36(48(39(50)51)33(6-2)38-47-46-37(52-38)28-22-24-29(25-23-28)41(42,43)44)35(49)34(27-45)53(30-16-10-7-11-17-30,31-18-12-8-13-19-31)32-20-14-9-15-21-32/h7-25,33,36H,5-6,26H2,1-4H3,(H,50,51)/t33-,36+/m0/s1. The van der Waals surface area contributed by atoms with Gasteiger partial charge in [0.25, 0.3) is 0 Å². The first-order valence-electron chi connectivity index (χ1n) is 17.2. The minimum absolute atomic E-state index is 0.0626. The molecule has 1 heterocycles. The fraction of sp³-hybridized carbons (Fsp3) is 0.268. The number of Topliss-reactive ketones (excluding diaryl/α,β-unsaturated/α-hetero) is 1. The van der Waals surface area contributed by atoms with Gasteiger partial charge < -0.3 is 9.52 Å². The van der Waals surface area contributed by atoms with Crippen LogP contribution in [0, 0.1) is 16.7 Å². The second kappa shape index (κ2) is 16.1. The summed E-state index contributed by atoms with van der Waals surface area (Å²) in [5, 5.41) is 32.6. The van der Waals surface area contributed by atoms with Gasteiger partial charge in [-0.05, 0) is 65.3 Å². The topological polar surface area (TPSA) is 120 Å². The van der Waals surface area contributed by atoms with Crippen molar-refractivity contribution in [2.45, 2.75) is 65.2 Å². The molecule has 0 aliphatic heterocycles. The molecule has 2 atom stereocenters. The lowest BCUT2D eigenvalue weighted by Crippen LogP contribution is -2.56. The molecular formula is C41H40F3N4O4P. The van der Waals surface area contributed by atoms with Crippen molar-refractivity contribution in [3.05, 3.63) is 127 Å². The van der Waals surface area contributed by atoms with Gasteiger partial charge in [-0.15, -0.1) is 10.2 Å². The molecule has 0 bridgehead atoms. The summed E-state index contributed by atoms with van der Waals surface area (Å²) < 4.78 is 45.6. The minimum Gasteiger partial charge on any atom is -0.465 e. The number of nitrogens with zero attached hydrogens (tertiary/aromatic N) is 4. The zero-order valence-corrected chi connectivity index (χ0v) is 30.7. The summed E-state index contributed by atoms with van der Waals surface area (Å²) >= 11 is 0. The Bertz CT molecular complexity index is 2030. The fourth-order valence-corrected chi connectivity index (χ4v) is 11.2. The van der Waals surface area contributed by atoms with Crippen LogP contribution >= 0.6 is 6.89 Å². The van der Waals surface area contributed by atoms with Crippen LogP contribution in [0.2, 0.25) is 0 Å². The maximum absolute atomic E-state index is 15.6. The number of carbonyl (C=O) groups excluding carboxylic acids is 1. The van der Waals surface area contributed by atoms with Crippen LogP contribution in [0.15, 0.2) is 120 Å². The first kappa shape index (κ1) is 38.8. The predicted octanol–water partition coefficient (Wildman–Crippen LogP) is 8.64. The average molecular weight is 741 g/mol. The summed E-state index contributed by atoms with van der Waals surface area (Å²) in [6.45, 7) is 4.03. The van der Waals surface area contributed by atoms with Gasteiger partial charge in [-0.2, -0.15) is 18.4 Å². The summed E-state index contributed by atoms with van der Waals surface area (Å²) in [6.07, 6.45) is -4.84. The molecule has 0 aliphatic carbocycles. The van der Waals surface area contributed by atoms with E-state index >= 15 is 4.79 Å². The molecule has 53 heavy (non-hydrogen) atoms. The van der Waals surface area contributed by atoms with E-state index in [0.29, 0.717) is 12.8 Å². The second-order valence-electron chi connectivity index (χ2n) is 13.3. The fourth-order valence-electron chi connectivity index (χ4n) is 7.05. The van der Waals surface area contributed by atoms with Crippen molar-refractivity contribution in [2.24, 2.45) is 5.41 Å². The maximum atomic E-state index is 15.6. The van der Waals surface area contributed by atoms with Crippen molar-refractivity contribution in [1.29, 1.82) is 5.26 Å². The van der Waals surface area contributed by atoms with Gasteiger partial charge in [0.2, 0.25) is 11.8 Å². The van der Waals surface area contributed by atoms with Crippen LogP contribution in [0.3, 0.4) is 0 Å². The first-order valence-corrected chi connectivity index (χ1v) is 19.0. The van der Waals surface area contributed by atoms with E-state index < -0.39 is 48.0 Å². The molecule has 1 amide bonds. The first-order chi connectivity index (χ1) is 25.3. The van der Waals surface area contributed by atoms with Crippen molar-refractivity contribution < 1.29 is 32.3 Å². The monoisotopic (exact) mass is 740 g/mol. The number of halogens is 3. The van der Waals surface area contributed by atoms with Crippen LogP contribution in [-0.4, -0.2) is 43.4 Å². The molecule has 5 aromatic rings. The molecule has 0 fully saturated rings. The Labute approximate surface area is 306 Å². The van der Waals surface area contributed by atoms with Crippen LogP contribution in [0.4, 0.5) is 18.0 Å². The third-order valence-corrected chi connectivity index (χ3v) is 13.6. The molecule has 1 aromatic heterocycles. The molecule has 8 nitrogen and oxygen atoms in total. The van der Waals surface area contributed by atoms with Crippen LogP contribution in [0.1, 0.15) is 64.5 Å². The van der Waals surface area contributed by atoms with Crippen molar-refractivity contribution in [3.8, 4) is 17.5 Å². The quantitative estimate of drug-likeness (QED) is 0.120. The summed E-state index contributed by atoms with van der Waals surface area (Å²) in [5.74, 6) is -0.887. The molecule has 0 saturated carbocycles. The van der Waals surface area contributed by atoms with E-state index in [4.69, 9.17) is 4.42 Å². The van der Waals surface area contributed by atoms with E-state index in [9.17, 15) is 28.3 Å². The molecule has 5 rings (SSSR count). The van der Waals surface area contributed by atoms with E-state index in [0.717, 1.165) is 32.9 Å². The van der Waals surface area contributed by atoms with Gasteiger partial charge in [0.15, 0.2) is 5.78 Å². The van der Waals surface area contributed by atoms with Gasteiger partial charge in [-0.3, -0.25) is 9.69 Å². The molecule has 12 heteroatoms. The third-order valence-electron chi connectivity index (χ3n) is 9.39. The van der Waals surface area contributed by atoms with E-state index in [1.165, 1.54) is 12.1 Å². The highest BCUT2D eigenvalue weighted by molar-refractivity contribution is 7.97. The number of hydrogen-bond donors (Lipinski definition) is 1. The van der Waals surface area contributed by atoms with E-state index in [1.54, 1.807) is 6.92 Å². The largest absolute Gasteiger partial charge is 0.465 e. The number of ketones is 1. The van der Waals surface area contributed by atoms with Crippen molar-refractivity contribution >= 4 is 40.0 Å². The van der Waals surface area contributed by atoms with Gasteiger partial charge >= 0.3 is 12.3 Å². The summed E-state index contributed by atoms with van der Waals surface area (Å²) in [5.41, 5.74) is -1.65. The number of aromatic nitrogens is 2. The molecular weight excluding hydrogens is 700 g/mol. The number of rotatable bonds is 13. The Morgan fingerprint density at radius 1 is 0.830 bits per heavy atom. The SMILES string of the molecule is CCCC(C)(C)[C@@H](C(=O)C(C#N)=P(c1ccccc1)(c1ccccc1)c1ccccc1)N(C(=O)O)[C@@H](CC)c1nnc(-c2ccc(C(F)(F)F)cc2)o1. The molecule has 0 spiro atoms. The molecule has 274 valence electrons. The summed E-state index contributed by atoms with van der Waals surface area (Å²) in [6, 6.07) is 32.1. The zero-order chi connectivity index (χ0) is 38.4. The molecule has 0 radical (unpaired) electrons. The highest BCUT2D eigenvalue weighted by atomic mass is 31.2. The van der Waals surface area contributed by atoms with Gasteiger partial charge in [0.1, 0.15) is 23.4 Å². The Kier molecular flexibility index (Phi) is 11.7. The number of benzene rings is 4. The Morgan fingerprint density at radius 2 is 1.32 bits per heavy atom. The van der Waals surface area contributed by atoms with E-state index in [1.807, 2.05) is 112 Å². The lowest BCUT2D eigenvalue weighted by Gasteiger charge is -2.43. The van der Waals surface area contributed by atoms with Crippen LogP contribution in [-0.2, 0) is 11.0 Å². The highest BCUT2D eigenvalue weighted by Crippen LogP contribution is 2.48. The molecule has 0 unspecified atom stereocenters. The summed E-state index contributed by atoms with van der Waals surface area (Å²) in [4.78, 5) is 30.2. The molecule has 4 aromatic carbocycles. The number of amides is 1. The molecule has 0 saturated heterocycles. The highest BCUT2D eigenvalue weighted by Gasteiger charge is 2.49. The normalized spacial score (nSPS) is 13.1. The molecule has 1 N–H and O–H groups in total. The number of carbonyl (C=O) groups is 2. The van der Waals surface area contributed by atoms with Gasteiger partial charge in [-0.1, -0.05) is 125 Å². The van der Waals surface area contributed by atoms with Gasteiger partial charge in [0.05, 0.1) is 5.56 Å². The lowest BCUT2D eigenvalue weighted by molar-refractivity contribution is -0.137. The van der Waals surface area contributed by atoms with E-state index in [-0.39, 0.29) is 29.1 Å². The number of nitriles is 1. The number of hydrogen-bond acceptors (Lipinski definition) is 6. The van der Waals surface area contributed by atoms with Gasteiger partial charge in [0, 0.05) is 5.56 Å². The Hall–Kier alpha value is -5.46. The minimum atomic E-state index is -4.54. The molecule has 0 aliphatic rings. The lowest BCUT2D eigenvalue weighted by atomic mass is 9.76. The predicted molar refractivity (Wildman–Crippen MR) is 201 cm³/mol. The van der Waals surface area contributed by atoms with Crippen molar-refractivity contribution in [1.82, 2.24) is 15.1 Å². The summed E-state index contributed by atoms with van der Waals surface area (Å²) in [7, 11) is 0. The van der Waals surface area contributed by atoms with E-state index in [2.05, 4.69) is 16.3 Å². The maximum Gasteiger partial charge on any atom is 0.416 e. The second-order valence-corrected chi connectivity index (χ2v) is 16.6. The Morgan fingerprint density at radius 3 is 1.72 bits per heavy atom. The van der Waals surface area contributed by atoms with Crippen molar-refractivity contribution in [3.63, 3.8) is 0 Å². The van der Waals surface area contributed by atoms with Crippen LogP contribution in [0.25, 0.3) is 11.5 Å². The zero-order valence-electron chi connectivity index (χ0n) is 29.8. The number of alkyl halides is 3. The average Bonchev–Trinajstić information content (AvgIpc) is 3.64. The van der Waals surface area contributed by atoms with Crippen molar-refractivity contribution in [2.75, 3.05) is 0 Å². The van der Waals surface area contributed by atoms with Gasteiger partial charge in [-0.25, -0.2) is 4.79 Å². The van der Waals surface area contributed by atoms with Crippen LogP contribution < -0.4 is 15.9 Å². The van der Waals surface area contributed by atoms with Crippen LogP contribution in [0.5, 0.6) is 0 Å². The Balaban J connectivity index is 1.77. The number of carboxylic acid groups (broad SMARTS) is 1. The smallest absolute Gasteiger partial charge is 0.416 e.